The van der Waals surface area contributed by atoms with E-state index in [4.69, 9.17) is 0 Å². The van der Waals surface area contributed by atoms with Gasteiger partial charge in [-0.05, 0) is 39.8 Å². The molecule has 8 heteroatoms. The average Bonchev–Trinajstić information content (AvgIpc) is 2.89. The highest BCUT2D eigenvalue weighted by Crippen LogP contribution is 2.20. The first kappa shape index (κ1) is 22.6. The molecule has 0 saturated carbocycles. The average molecular weight is 376 g/mol. The van der Waals surface area contributed by atoms with Crippen molar-refractivity contribution >= 4 is 41.8 Å². The minimum atomic E-state index is -0.0721. The van der Waals surface area contributed by atoms with Gasteiger partial charge in [0.25, 0.3) is 5.91 Å². The topological polar surface area (TPSA) is 71.8 Å². The zero-order valence-electron chi connectivity index (χ0n) is 14.6. The van der Waals surface area contributed by atoms with Gasteiger partial charge in [0.15, 0.2) is 5.65 Å². The fourth-order valence-electron chi connectivity index (χ4n) is 2.37. The van der Waals surface area contributed by atoms with Gasteiger partial charge in [-0.3, -0.25) is 4.79 Å². The Morgan fingerprint density at radius 2 is 1.96 bits per heavy atom. The minimum Gasteiger partial charge on any atom is -0.351 e. The maximum Gasteiger partial charge on any atom is 0.252 e. The van der Waals surface area contributed by atoms with Gasteiger partial charge in [-0.2, -0.15) is 5.10 Å². The van der Waals surface area contributed by atoms with Crippen LogP contribution in [0.15, 0.2) is 12.3 Å². The Balaban J connectivity index is 0.00000264. The fraction of sp³-hybridized carbons (Fsp3) is 0.562. The Labute approximate surface area is 155 Å². The standard InChI is InChI=1S/C16H25N5O.2ClH/c1-5-6-17-7-8-18-16(22)13-9-12(4)20-15-14(13)10-19-21(15)11(2)3;;/h9-11,17H,5-8H2,1-4H3,(H,18,22);2*1H. The van der Waals surface area contributed by atoms with Gasteiger partial charge in [0, 0.05) is 24.8 Å². The van der Waals surface area contributed by atoms with Crippen molar-refractivity contribution < 1.29 is 4.79 Å². The number of aromatic nitrogens is 3. The van der Waals surface area contributed by atoms with Crippen molar-refractivity contribution in [3.8, 4) is 0 Å². The van der Waals surface area contributed by atoms with Crippen LogP contribution >= 0.6 is 24.8 Å². The van der Waals surface area contributed by atoms with Gasteiger partial charge in [0.05, 0.1) is 17.1 Å². The molecule has 24 heavy (non-hydrogen) atoms. The Morgan fingerprint density at radius 1 is 1.25 bits per heavy atom. The molecule has 0 aliphatic heterocycles. The molecule has 0 spiro atoms. The van der Waals surface area contributed by atoms with Crippen LogP contribution < -0.4 is 10.6 Å². The lowest BCUT2D eigenvalue weighted by molar-refractivity contribution is 0.0955. The van der Waals surface area contributed by atoms with E-state index in [1.807, 2.05) is 17.7 Å². The Kier molecular flexibility index (Phi) is 9.89. The van der Waals surface area contributed by atoms with Crippen LogP contribution in [0.25, 0.3) is 11.0 Å². The second-order valence-corrected chi connectivity index (χ2v) is 5.74. The third kappa shape index (κ3) is 5.33. The molecular formula is C16H27Cl2N5O. The molecule has 0 bridgehead atoms. The van der Waals surface area contributed by atoms with E-state index in [0.717, 1.165) is 36.2 Å². The maximum atomic E-state index is 12.4. The van der Waals surface area contributed by atoms with E-state index < -0.39 is 0 Å². The van der Waals surface area contributed by atoms with Gasteiger partial charge >= 0.3 is 0 Å². The quantitative estimate of drug-likeness (QED) is 0.729. The molecule has 0 aliphatic rings. The summed E-state index contributed by atoms with van der Waals surface area (Å²) in [6, 6.07) is 2.03. The number of halogens is 2. The van der Waals surface area contributed by atoms with Crippen LogP contribution in [0, 0.1) is 6.92 Å². The van der Waals surface area contributed by atoms with Crippen LogP contribution in [0.2, 0.25) is 0 Å². The molecule has 0 fully saturated rings. The lowest BCUT2D eigenvalue weighted by Crippen LogP contribution is -2.32. The van der Waals surface area contributed by atoms with Crippen LogP contribution in [-0.4, -0.2) is 40.3 Å². The fourth-order valence-corrected chi connectivity index (χ4v) is 2.37. The number of nitrogens with zero attached hydrogens (tertiary/aromatic N) is 3. The normalized spacial score (nSPS) is 10.4. The summed E-state index contributed by atoms with van der Waals surface area (Å²) in [6.45, 7) is 10.5. The SMILES string of the molecule is CCCNCCNC(=O)c1cc(C)nc2c1cnn2C(C)C.Cl.Cl. The number of pyridine rings is 1. The monoisotopic (exact) mass is 375 g/mol. The molecule has 0 unspecified atom stereocenters. The third-order valence-corrected chi connectivity index (χ3v) is 3.44. The predicted octanol–water partition coefficient (Wildman–Crippen LogP) is 2.89. The minimum absolute atomic E-state index is 0. The summed E-state index contributed by atoms with van der Waals surface area (Å²) >= 11 is 0. The number of rotatable bonds is 7. The van der Waals surface area contributed by atoms with Crippen LogP contribution in [0.4, 0.5) is 0 Å². The van der Waals surface area contributed by atoms with Crippen molar-refractivity contribution in [2.45, 2.75) is 40.2 Å². The van der Waals surface area contributed by atoms with Crippen molar-refractivity contribution in [2.24, 2.45) is 0 Å². The van der Waals surface area contributed by atoms with E-state index in [1.165, 1.54) is 0 Å². The first-order valence-electron chi connectivity index (χ1n) is 7.88. The van der Waals surface area contributed by atoms with Gasteiger partial charge in [0.1, 0.15) is 0 Å². The van der Waals surface area contributed by atoms with Crippen molar-refractivity contribution in [1.82, 2.24) is 25.4 Å². The van der Waals surface area contributed by atoms with Crippen molar-refractivity contribution in [3.05, 3.63) is 23.5 Å². The Morgan fingerprint density at radius 3 is 2.58 bits per heavy atom. The summed E-state index contributed by atoms with van der Waals surface area (Å²) in [7, 11) is 0. The molecule has 2 aromatic heterocycles. The first-order chi connectivity index (χ1) is 10.5. The van der Waals surface area contributed by atoms with Gasteiger partial charge in [-0.15, -0.1) is 24.8 Å². The molecule has 0 saturated heterocycles. The van der Waals surface area contributed by atoms with Crippen molar-refractivity contribution in [1.29, 1.82) is 0 Å². The summed E-state index contributed by atoms with van der Waals surface area (Å²) < 4.78 is 1.85. The van der Waals surface area contributed by atoms with Crippen LogP contribution in [0.5, 0.6) is 0 Å². The zero-order chi connectivity index (χ0) is 16.1. The molecule has 0 atom stereocenters. The molecule has 0 radical (unpaired) electrons. The Bertz CT molecular complexity index is 657. The smallest absolute Gasteiger partial charge is 0.252 e. The largest absolute Gasteiger partial charge is 0.351 e. The molecule has 6 nitrogen and oxygen atoms in total. The predicted molar refractivity (Wildman–Crippen MR) is 103 cm³/mol. The lowest BCUT2D eigenvalue weighted by atomic mass is 10.1. The van der Waals surface area contributed by atoms with E-state index in [1.54, 1.807) is 6.20 Å². The number of amides is 1. The molecule has 2 heterocycles. The van der Waals surface area contributed by atoms with Crippen molar-refractivity contribution in [3.63, 3.8) is 0 Å². The maximum absolute atomic E-state index is 12.4. The van der Waals surface area contributed by atoms with E-state index in [2.05, 4.69) is 41.5 Å². The highest BCUT2D eigenvalue weighted by atomic mass is 35.5. The lowest BCUT2D eigenvalue weighted by Gasteiger charge is -2.10. The van der Waals surface area contributed by atoms with Crippen LogP contribution in [0.1, 0.15) is 49.3 Å². The molecule has 1 amide bonds. The number of hydrogen-bond acceptors (Lipinski definition) is 4. The number of carbonyl (C=O) groups excluding carboxylic acids is 1. The highest BCUT2D eigenvalue weighted by Gasteiger charge is 2.16. The molecule has 0 aliphatic carbocycles. The summed E-state index contributed by atoms with van der Waals surface area (Å²) in [5.41, 5.74) is 2.23. The first-order valence-corrected chi connectivity index (χ1v) is 7.88. The van der Waals surface area contributed by atoms with Crippen LogP contribution in [0.3, 0.4) is 0 Å². The Hall–Kier alpha value is -1.37. The summed E-state index contributed by atoms with van der Waals surface area (Å²) in [4.78, 5) is 16.9. The molecule has 2 aromatic rings. The summed E-state index contributed by atoms with van der Waals surface area (Å²) in [6.07, 6.45) is 2.82. The number of hydrogen-bond donors (Lipinski definition) is 2. The summed E-state index contributed by atoms with van der Waals surface area (Å²) in [5, 5.41) is 11.4. The van der Waals surface area contributed by atoms with E-state index >= 15 is 0 Å². The second kappa shape index (κ2) is 10.5. The van der Waals surface area contributed by atoms with E-state index in [-0.39, 0.29) is 36.8 Å². The number of carbonyl (C=O) groups is 1. The zero-order valence-corrected chi connectivity index (χ0v) is 16.3. The molecule has 2 rings (SSSR count). The summed E-state index contributed by atoms with van der Waals surface area (Å²) in [5.74, 6) is -0.0721. The van der Waals surface area contributed by atoms with E-state index in [0.29, 0.717) is 12.1 Å². The van der Waals surface area contributed by atoms with Gasteiger partial charge in [0.2, 0.25) is 0 Å². The van der Waals surface area contributed by atoms with Gasteiger partial charge in [-0.1, -0.05) is 6.92 Å². The van der Waals surface area contributed by atoms with Gasteiger partial charge in [-0.25, -0.2) is 9.67 Å². The van der Waals surface area contributed by atoms with Crippen molar-refractivity contribution in [2.75, 3.05) is 19.6 Å². The number of aryl methyl sites for hydroxylation is 1. The number of fused-ring (bicyclic) bond motifs is 1. The molecule has 2 N–H and O–H groups in total. The third-order valence-electron chi connectivity index (χ3n) is 3.44. The molecule has 0 aromatic carbocycles. The molecular weight excluding hydrogens is 349 g/mol. The molecule has 136 valence electrons. The number of nitrogens with one attached hydrogen (secondary N) is 2. The van der Waals surface area contributed by atoms with Gasteiger partial charge < -0.3 is 10.6 Å². The van der Waals surface area contributed by atoms with Crippen LogP contribution in [-0.2, 0) is 0 Å². The highest BCUT2D eigenvalue weighted by molar-refractivity contribution is 6.05. The van der Waals surface area contributed by atoms with E-state index in [9.17, 15) is 4.79 Å². The second-order valence-electron chi connectivity index (χ2n) is 5.74.